The molecule has 4 aromatic rings. The van der Waals surface area contributed by atoms with Crippen molar-refractivity contribution in [3.8, 4) is 11.4 Å². The summed E-state index contributed by atoms with van der Waals surface area (Å²) in [4.78, 5) is 16.9. The van der Waals surface area contributed by atoms with Crippen molar-refractivity contribution >= 4 is 11.0 Å². The Balaban J connectivity index is 1.38. The van der Waals surface area contributed by atoms with E-state index in [1.165, 1.54) is 16.8 Å². The van der Waals surface area contributed by atoms with Gasteiger partial charge in [0, 0.05) is 43.4 Å². The summed E-state index contributed by atoms with van der Waals surface area (Å²) in [6, 6.07) is 18.6. The minimum absolute atomic E-state index is 0.822. The van der Waals surface area contributed by atoms with Crippen LogP contribution < -0.4 is 0 Å². The molecule has 0 saturated carbocycles. The van der Waals surface area contributed by atoms with Gasteiger partial charge in [-0.2, -0.15) is 0 Å². The largest absolute Gasteiger partial charge is 0.327 e. The zero-order chi connectivity index (χ0) is 19.6. The van der Waals surface area contributed by atoms with Crippen LogP contribution >= 0.6 is 0 Å². The molecule has 5 rings (SSSR count). The lowest BCUT2D eigenvalue weighted by molar-refractivity contribution is 0.234. The van der Waals surface area contributed by atoms with Gasteiger partial charge in [0.2, 0.25) is 0 Å². The Morgan fingerprint density at radius 1 is 0.966 bits per heavy atom. The van der Waals surface area contributed by atoms with Crippen molar-refractivity contribution < 1.29 is 0 Å². The predicted octanol–water partition coefficient (Wildman–Crippen LogP) is 4.46. The lowest BCUT2D eigenvalue weighted by Crippen LogP contribution is -2.32. The molecule has 146 valence electrons. The number of hydrogen-bond acceptors (Lipinski definition) is 4. The van der Waals surface area contributed by atoms with Crippen molar-refractivity contribution in [3.63, 3.8) is 0 Å². The molecule has 0 N–H and O–H groups in total. The van der Waals surface area contributed by atoms with Crippen LogP contribution in [0.25, 0.3) is 22.4 Å². The van der Waals surface area contributed by atoms with Crippen molar-refractivity contribution in [1.82, 2.24) is 24.4 Å². The minimum atomic E-state index is 0.822. The van der Waals surface area contributed by atoms with E-state index in [2.05, 4.69) is 57.8 Å². The number of para-hydroxylation sites is 2. The third-order valence-corrected chi connectivity index (χ3v) is 5.59. The average Bonchev–Trinajstić information content (AvgIpc) is 3.11. The molecule has 2 aromatic heterocycles. The summed E-state index contributed by atoms with van der Waals surface area (Å²) in [5, 5.41) is 0. The van der Waals surface area contributed by atoms with Crippen LogP contribution in [0.4, 0.5) is 0 Å². The molecular formula is C24H25N5. The average molecular weight is 383 g/mol. The van der Waals surface area contributed by atoms with E-state index in [1.54, 1.807) is 0 Å². The molecule has 5 heteroatoms. The van der Waals surface area contributed by atoms with Gasteiger partial charge in [0.1, 0.15) is 5.82 Å². The quantitative estimate of drug-likeness (QED) is 0.510. The van der Waals surface area contributed by atoms with Crippen LogP contribution in [0.5, 0.6) is 0 Å². The Bertz CT molecular complexity index is 1130. The number of aromatic nitrogens is 4. The Kier molecular flexibility index (Phi) is 4.82. The van der Waals surface area contributed by atoms with Crippen molar-refractivity contribution in [3.05, 3.63) is 77.9 Å². The van der Waals surface area contributed by atoms with Gasteiger partial charge in [-0.1, -0.05) is 49.4 Å². The van der Waals surface area contributed by atoms with E-state index in [-0.39, 0.29) is 0 Å². The molecule has 0 atom stereocenters. The molecule has 0 bridgehead atoms. The van der Waals surface area contributed by atoms with Crippen LogP contribution in [-0.2, 0) is 26.1 Å². The fourth-order valence-corrected chi connectivity index (χ4v) is 4.16. The standard InChI is InChI=1S/C24H25N5/c1-2-13-29-22-11-7-6-10-21(22)26-23(29)17-28-14-12-20-19(16-28)15-25-24(27-20)18-8-4-3-5-9-18/h3-11,15H,2,12-14,16-17H2,1H3. The van der Waals surface area contributed by atoms with Gasteiger partial charge in [0.05, 0.1) is 23.3 Å². The summed E-state index contributed by atoms with van der Waals surface area (Å²) < 4.78 is 2.37. The fourth-order valence-electron chi connectivity index (χ4n) is 4.16. The topological polar surface area (TPSA) is 46.8 Å². The summed E-state index contributed by atoms with van der Waals surface area (Å²) >= 11 is 0. The zero-order valence-electron chi connectivity index (χ0n) is 16.8. The number of aryl methyl sites for hydroxylation is 1. The smallest absolute Gasteiger partial charge is 0.159 e. The molecule has 0 spiro atoms. The SMILES string of the molecule is CCCn1c(CN2CCc3nc(-c4ccccc4)ncc3C2)nc2ccccc21. The maximum Gasteiger partial charge on any atom is 0.159 e. The Hall–Kier alpha value is -3.05. The molecule has 0 radical (unpaired) electrons. The first-order valence-corrected chi connectivity index (χ1v) is 10.4. The Morgan fingerprint density at radius 3 is 2.66 bits per heavy atom. The summed E-state index contributed by atoms with van der Waals surface area (Å²) in [5.74, 6) is 1.97. The third-order valence-electron chi connectivity index (χ3n) is 5.59. The summed E-state index contributed by atoms with van der Waals surface area (Å²) in [5.41, 5.74) is 5.80. The minimum Gasteiger partial charge on any atom is -0.327 e. The van der Waals surface area contributed by atoms with E-state index in [0.717, 1.165) is 61.7 Å². The Morgan fingerprint density at radius 2 is 1.79 bits per heavy atom. The van der Waals surface area contributed by atoms with E-state index in [4.69, 9.17) is 9.97 Å². The molecule has 3 heterocycles. The number of rotatable bonds is 5. The van der Waals surface area contributed by atoms with E-state index in [0.29, 0.717) is 0 Å². The molecule has 2 aromatic carbocycles. The van der Waals surface area contributed by atoms with Crippen LogP contribution in [0.2, 0.25) is 0 Å². The highest BCUT2D eigenvalue weighted by atomic mass is 15.2. The molecule has 5 nitrogen and oxygen atoms in total. The van der Waals surface area contributed by atoms with Gasteiger partial charge in [0.15, 0.2) is 5.82 Å². The maximum absolute atomic E-state index is 4.93. The highest BCUT2D eigenvalue weighted by Gasteiger charge is 2.21. The van der Waals surface area contributed by atoms with Crippen LogP contribution in [0.15, 0.2) is 60.8 Å². The van der Waals surface area contributed by atoms with Gasteiger partial charge in [-0.05, 0) is 18.6 Å². The van der Waals surface area contributed by atoms with Gasteiger partial charge in [0.25, 0.3) is 0 Å². The highest BCUT2D eigenvalue weighted by Crippen LogP contribution is 2.23. The van der Waals surface area contributed by atoms with Crippen molar-refractivity contribution in [1.29, 1.82) is 0 Å². The van der Waals surface area contributed by atoms with Gasteiger partial charge >= 0.3 is 0 Å². The van der Waals surface area contributed by atoms with Gasteiger partial charge in [-0.15, -0.1) is 0 Å². The first-order chi connectivity index (χ1) is 14.3. The van der Waals surface area contributed by atoms with Gasteiger partial charge < -0.3 is 4.57 Å². The number of nitrogens with zero attached hydrogens (tertiary/aromatic N) is 5. The molecule has 1 aliphatic heterocycles. The van der Waals surface area contributed by atoms with E-state index < -0.39 is 0 Å². The maximum atomic E-state index is 4.93. The Labute approximate surface area is 171 Å². The van der Waals surface area contributed by atoms with Crippen molar-refractivity contribution in [2.24, 2.45) is 0 Å². The second kappa shape index (κ2) is 7.76. The first-order valence-electron chi connectivity index (χ1n) is 10.4. The number of hydrogen-bond donors (Lipinski definition) is 0. The molecule has 0 aliphatic carbocycles. The van der Waals surface area contributed by atoms with Crippen LogP contribution in [0, 0.1) is 0 Å². The van der Waals surface area contributed by atoms with Gasteiger partial charge in [-0.3, -0.25) is 4.90 Å². The van der Waals surface area contributed by atoms with Crippen molar-refractivity contribution in [2.75, 3.05) is 6.54 Å². The summed E-state index contributed by atoms with van der Waals surface area (Å²) in [6.45, 7) is 5.95. The molecule has 0 unspecified atom stereocenters. The molecule has 0 saturated heterocycles. The lowest BCUT2D eigenvalue weighted by atomic mass is 10.1. The van der Waals surface area contributed by atoms with E-state index in [1.807, 2.05) is 24.4 Å². The van der Waals surface area contributed by atoms with Crippen LogP contribution in [0.1, 0.15) is 30.4 Å². The van der Waals surface area contributed by atoms with Crippen LogP contribution in [0.3, 0.4) is 0 Å². The molecule has 1 aliphatic rings. The second-order valence-corrected chi connectivity index (χ2v) is 7.66. The van der Waals surface area contributed by atoms with E-state index in [9.17, 15) is 0 Å². The second-order valence-electron chi connectivity index (χ2n) is 7.66. The number of benzene rings is 2. The first kappa shape index (κ1) is 18.0. The molecule has 29 heavy (non-hydrogen) atoms. The lowest BCUT2D eigenvalue weighted by Gasteiger charge is -2.28. The predicted molar refractivity (Wildman–Crippen MR) is 115 cm³/mol. The zero-order valence-corrected chi connectivity index (χ0v) is 16.8. The van der Waals surface area contributed by atoms with E-state index >= 15 is 0 Å². The summed E-state index contributed by atoms with van der Waals surface area (Å²) in [7, 11) is 0. The number of imidazole rings is 1. The summed E-state index contributed by atoms with van der Waals surface area (Å²) in [6.07, 6.45) is 4.06. The number of fused-ring (bicyclic) bond motifs is 2. The van der Waals surface area contributed by atoms with Gasteiger partial charge in [-0.25, -0.2) is 15.0 Å². The van der Waals surface area contributed by atoms with Crippen LogP contribution in [-0.4, -0.2) is 31.0 Å². The third kappa shape index (κ3) is 3.54. The molecule has 0 amide bonds. The normalized spacial score (nSPS) is 14.2. The molecular weight excluding hydrogens is 358 g/mol. The monoisotopic (exact) mass is 383 g/mol. The fraction of sp³-hybridized carbons (Fsp3) is 0.292. The van der Waals surface area contributed by atoms with Crippen molar-refractivity contribution in [2.45, 2.75) is 39.4 Å². The molecule has 0 fully saturated rings. The highest BCUT2D eigenvalue weighted by molar-refractivity contribution is 5.75.